The van der Waals surface area contributed by atoms with Crippen molar-refractivity contribution in [2.24, 2.45) is 0 Å². The Morgan fingerprint density at radius 3 is 2.47 bits per heavy atom. The van der Waals surface area contributed by atoms with E-state index in [1.165, 1.54) is 0 Å². The molecule has 1 rings (SSSR count). The van der Waals surface area contributed by atoms with Gasteiger partial charge in [0.1, 0.15) is 0 Å². The molecule has 0 unspecified atom stereocenters. The van der Waals surface area contributed by atoms with Gasteiger partial charge in [-0.1, -0.05) is 13.3 Å². The van der Waals surface area contributed by atoms with Gasteiger partial charge >= 0.3 is 6.16 Å². The number of anilines is 1. The van der Waals surface area contributed by atoms with Crippen molar-refractivity contribution in [1.82, 2.24) is 9.97 Å². The van der Waals surface area contributed by atoms with Crippen LogP contribution in [0.2, 0.25) is 0 Å². The minimum Gasteiger partial charge on any atom is -0.434 e. The maximum Gasteiger partial charge on any atom is 0.515 e. The smallest absolute Gasteiger partial charge is 0.434 e. The summed E-state index contributed by atoms with van der Waals surface area (Å²) >= 11 is 0. The molecule has 0 aliphatic carbocycles. The number of carbonyl (C=O) groups excluding carboxylic acids is 1. The monoisotopic (exact) mass is 267 g/mol. The van der Waals surface area contributed by atoms with Crippen molar-refractivity contribution in [3.8, 4) is 5.88 Å². The third-order valence-electron chi connectivity index (χ3n) is 2.51. The summed E-state index contributed by atoms with van der Waals surface area (Å²) in [5, 5.41) is 0. The van der Waals surface area contributed by atoms with Crippen molar-refractivity contribution in [2.75, 3.05) is 25.6 Å². The molecular formula is C13H21N3O3. The lowest BCUT2D eigenvalue weighted by molar-refractivity contribution is 0.102. The van der Waals surface area contributed by atoms with Crippen LogP contribution in [0.5, 0.6) is 5.88 Å². The number of aryl methyl sites for hydroxylation is 1. The minimum absolute atomic E-state index is 0.270. The van der Waals surface area contributed by atoms with Crippen LogP contribution in [0.1, 0.15) is 31.5 Å². The van der Waals surface area contributed by atoms with E-state index in [1.54, 1.807) is 11.8 Å². The molecule has 19 heavy (non-hydrogen) atoms. The second-order valence-corrected chi connectivity index (χ2v) is 4.32. The van der Waals surface area contributed by atoms with Crippen LogP contribution in [0, 0.1) is 6.92 Å². The second-order valence-electron chi connectivity index (χ2n) is 4.32. The summed E-state index contributed by atoms with van der Waals surface area (Å²) in [5.41, 5.74) is 1.67. The number of ether oxygens (including phenoxy) is 2. The first-order valence-electron chi connectivity index (χ1n) is 6.39. The van der Waals surface area contributed by atoms with Gasteiger partial charge in [-0.2, -0.15) is 4.98 Å². The molecule has 1 aromatic heterocycles. The molecule has 0 aliphatic rings. The number of hydrogen-bond donors (Lipinski definition) is 0. The topological polar surface area (TPSA) is 64.5 Å². The van der Waals surface area contributed by atoms with Gasteiger partial charge in [0.2, 0.25) is 11.8 Å². The summed E-state index contributed by atoms with van der Waals surface area (Å²) in [6.07, 6.45) is 0.946. The van der Waals surface area contributed by atoms with Crippen LogP contribution in [0.4, 0.5) is 10.7 Å². The average Bonchev–Trinajstić information content (AvgIpc) is 2.33. The summed E-state index contributed by atoms with van der Waals surface area (Å²) in [6.45, 7) is 5.93. The molecule has 0 atom stereocenters. The molecule has 0 aromatic carbocycles. The fourth-order valence-electron chi connectivity index (χ4n) is 1.60. The van der Waals surface area contributed by atoms with Crippen LogP contribution in [-0.4, -0.2) is 36.8 Å². The minimum atomic E-state index is -0.734. The number of rotatable bonds is 5. The fraction of sp³-hybridized carbons (Fsp3) is 0.615. The van der Waals surface area contributed by atoms with Gasteiger partial charge in [0.25, 0.3) is 0 Å². The van der Waals surface area contributed by atoms with Crippen LogP contribution < -0.4 is 9.64 Å². The van der Waals surface area contributed by atoms with Gasteiger partial charge < -0.3 is 14.4 Å². The van der Waals surface area contributed by atoms with Gasteiger partial charge in [0.15, 0.2) is 0 Å². The Morgan fingerprint density at radius 1 is 1.26 bits per heavy atom. The van der Waals surface area contributed by atoms with E-state index in [4.69, 9.17) is 9.47 Å². The molecule has 0 bridgehead atoms. The molecule has 0 aliphatic heterocycles. The lowest BCUT2D eigenvalue weighted by Crippen LogP contribution is -2.18. The Labute approximate surface area is 113 Å². The van der Waals surface area contributed by atoms with E-state index < -0.39 is 6.16 Å². The molecule has 106 valence electrons. The molecule has 0 amide bonds. The Balaban J connectivity index is 3.12. The highest BCUT2D eigenvalue weighted by atomic mass is 16.7. The number of aromatic nitrogens is 2. The summed E-state index contributed by atoms with van der Waals surface area (Å²) in [6, 6.07) is 0. The zero-order valence-corrected chi connectivity index (χ0v) is 12.2. The summed E-state index contributed by atoms with van der Waals surface area (Å²) in [5.74, 6) is 0.799. The van der Waals surface area contributed by atoms with E-state index in [0.717, 1.165) is 24.1 Å². The third-order valence-corrected chi connectivity index (χ3v) is 2.51. The Hall–Kier alpha value is -1.85. The van der Waals surface area contributed by atoms with E-state index in [1.807, 2.05) is 27.9 Å². The molecule has 6 heteroatoms. The summed E-state index contributed by atoms with van der Waals surface area (Å²) in [7, 11) is 3.67. The van der Waals surface area contributed by atoms with Crippen molar-refractivity contribution in [3.05, 3.63) is 11.3 Å². The fourth-order valence-corrected chi connectivity index (χ4v) is 1.60. The molecule has 6 nitrogen and oxygen atoms in total. The lowest BCUT2D eigenvalue weighted by Gasteiger charge is -2.15. The van der Waals surface area contributed by atoms with E-state index >= 15 is 0 Å². The van der Waals surface area contributed by atoms with Gasteiger partial charge in [-0.25, -0.2) is 9.78 Å². The average molecular weight is 267 g/mol. The highest BCUT2D eigenvalue weighted by Crippen LogP contribution is 2.23. The van der Waals surface area contributed by atoms with Crippen molar-refractivity contribution in [3.63, 3.8) is 0 Å². The zero-order chi connectivity index (χ0) is 14.4. The van der Waals surface area contributed by atoms with Crippen LogP contribution in [0.3, 0.4) is 0 Å². The first-order valence-corrected chi connectivity index (χ1v) is 6.39. The third kappa shape index (κ3) is 4.08. The van der Waals surface area contributed by atoms with Crippen molar-refractivity contribution in [1.29, 1.82) is 0 Å². The van der Waals surface area contributed by atoms with Crippen LogP contribution >= 0.6 is 0 Å². The molecule has 0 spiro atoms. The first-order chi connectivity index (χ1) is 8.99. The zero-order valence-electron chi connectivity index (χ0n) is 12.2. The number of carbonyl (C=O) groups is 1. The predicted octanol–water partition coefficient (Wildman–Crippen LogP) is 2.34. The molecule has 0 saturated heterocycles. The second kappa shape index (κ2) is 6.92. The maximum absolute atomic E-state index is 11.4. The van der Waals surface area contributed by atoms with Crippen LogP contribution in [-0.2, 0) is 11.2 Å². The van der Waals surface area contributed by atoms with Crippen molar-refractivity contribution >= 4 is 12.1 Å². The molecule has 1 aromatic rings. The maximum atomic E-state index is 11.4. The molecule has 1 heterocycles. The van der Waals surface area contributed by atoms with E-state index in [0.29, 0.717) is 5.95 Å². The number of hydrogen-bond acceptors (Lipinski definition) is 6. The molecule has 0 N–H and O–H groups in total. The summed E-state index contributed by atoms with van der Waals surface area (Å²) < 4.78 is 9.96. The Kier molecular flexibility index (Phi) is 5.54. The molecular weight excluding hydrogens is 246 g/mol. The summed E-state index contributed by atoms with van der Waals surface area (Å²) in [4.78, 5) is 21.9. The van der Waals surface area contributed by atoms with Gasteiger partial charge in [-0.15, -0.1) is 0 Å². The molecule has 0 fully saturated rings. The van der Waals surface area contributed by atoms with E-state index in [9.17, 15) is 4.79 Å². The molecule has 0 radical (unpaired) electrons. The SMILES string of the molecule is CCCc1c(C)nc(N(C)C)nc1OC(=O)OCC. The van der Waals surface area contributed by atoms with Gasteiger partial charge in [0.05, 0.1) is 6.61 Å². The van der Waals surface area contributed by atoms with E-state index in [-0.39, 0.29) is 12.5 Å². The van der Waals surface area contributed by atoms with Gasteiger partial charge in [-0.05, 0) is 20.3 Å². The normalized spacial score (nSPS) is 10.2. The van der Waals surface area contributed by atoms with Crippen molar-refractivity contribution in [2.45, 2.75) is 33.6 Å². The van der Waals surface area contributed by atoms with Crippen LogP contribution in [0.25, 0.3) is 0 Å². The standard InChI is InChI=1S/C13H21N3O3/c1-6-8-10-9(3)14-12(16(4)5)15-11(10)19-13(17)18-7-2/h6-8H2,1-5H3. The Morgan fingerprint density at radius 2 is 1.95 bits per heavy atom. The van der Waals surface area contributed by atoms with Crippen LogP contribution in [0.15, 0.2) is 0 Å². The quantitative estimate of drug-likeness (QED) is 0.763. The predicted molar refractivity (Wildman–Crippen MR) is 72.7 cm³/mol. The largest absolute Gasteiger partial charge is 0.515 e. The highest BCUT2D eigenvalue weighted by Gasteiger charge is 2.17. The van der Waals surface area contributed by atoms with E-state index in [2.05, 4.69) is 9.97 Å². The highest BCUT2D eigenvalue weighted by molar-refractivity contribution is 5.64. The van der Waals surface area contributed by atoms with Gasteiger partial charge in [-0.3, -0.25) is 0 Å². The number of nitrogens with zero attached hydrogens (tertiary/aromatic N) is 3. The van der Waals surface area contributed by atoms with Crippen molar-refractivity contribution < 1.29 is 14.3 Å². The Bertz CT molecular complexity index is 447. The molecule has 0 saturated carbocycles. The van der Waals surface area contributed by atoms with Gasteiger partial charge in [0, 0.05) is 25.4 Å². The first kappa shape index (κ1) is 15.2. The lowest BCUT2D eigenvalue weighted by atomic mass is 10.1.